The molecule has 0 fully saturated rings. The van der Waals surface area contributed by atoms with Crippen molar-refractivity contribution in [2.45, 2.75) is 6.92 Å². The second-order valence-electron chi connectivity index (χ2n) is 5.82. The largest absolute Gasteiger partial charge is 0.378 e. The summed E-state index contributed by atoms with van der Waals surface area (Å²) in [7, 11) is 5.92. The van der Waals surface area contributed by atoms with Crippen LogP contribution in [-0.2, 0) is 7.05 Å². The average molecular weight is 308 g/mol. The highest BCUT2D eigenvalue weighted by molar-refractivity contribution is 6.05. The Balaban J connectivity index is 1.82. The van der Waals surface area contributed by atoms with Crippen molar-refractivity contribution in [1.29, 1.82) is 0 Å². The van der Waals surface area contributed by atoms with Crippen LogP contribution in [0.15, 0.2) is 42.5 Å². The van der Waals surface area contributed by atoms with Crippen LogP contribution in [0.3, 0.4) is 0 Å². The summed E-state index contributed by atoms with van der Waals surface area (Å²) in [6.07, 6.45) is 0. The fourth-order valence-electron chi connectivity index (χ4n) is 2.51. The lowest BCUT2D eigenvalue weighted by atomic mass is 10.2. The Hall–Kier alpha value is -2.82. The Bertz CT molecular complexity index is 863. The number of imidazole rings is 1. The minimum absolute atomic E-state index is 0.123. The van der Waals surface area contributed by atoms with E-state index < -0.39 is 0 Å². The molecule has 0 unspecified atom stereocenters. The van der Waals surface area contributed by atoms with Gasteiger partial charge >= 0.3 is 0 Å². The Morgan fingerprint density at radius 3 is 2.48 bits per heavy atom. The summed E-state index contributed by atoms with van der Waals surface area (Å²) in [4.78, 5) is 18.8. The molecule has 23 heavy (non-hydrogen) atoms. The van der Waals surface area contributed by atoms with Crippen molar-refractivity contribution in [2.75, 3.05) is 24.3 Å². The molecule has 5 heteroatoms. The van der Waals surface area contributed by atoms with Gasteiger partial charge in [0.2, 0.25) is 0 Å². The van der Waals surface area contributed by atoms with E-state index in [0.717, 1.165) is 28.2 Å². The molecule has 3 aromatic rings. The zero-order valence-electron chi connectivity index (χ0n) is 13.8. The molecule has 0 spiro atoms. The molecule has 1 heterocycles. The maximum Gasteiger partial charge on any atom is 0.255 e. The highest BCUT2D eigenvalue weighted by Crippen LogP contribution is 2.20. The molecule has 0 atom stereocenters. The van der Waals surface area contributed by atoms with Crippen molar-refractivity contribution in [3.05, 3.63) is 53.9 Å². The number of rotatable bonds is 3. The first-order valence-electron chi connectivity index (χ1n) is 7.47. The van der Waals surface area contributed by atoms with Crippen molar-refractivity contribution in [3.8, 4) is 0 Å². The first kappa shape index (κ1) is 15.1. The molecule has 0 aliphatic carbocycles. The van der Waals surface area contributed by atoms with E-state index in [9.17, 15) is 4.79 Å². The van der Waals surface area contributed by atoms with Crippen molar-refractivity contribution in [3.63, 3.8) is 0 Å². The average Bonchev–Trinajstić information content (AvgIpc) is 2.81. The summed E-state index contributed by atoms with van der Waals surface area (Å²) in [6, 6.07) is 13.3. The number of nitrogens with zero attached hydrogens (tertiary/aromatic N) is 3. The normalized spacial score (nSPS) is 10.8. The Morgan fingerprint density at radius 2 is 1.83 bits per heavy atom. The predicted molar refractivity (Wildman–Crippen MR) is 94.2 cm³/mol. The minimum Gasteiger partial charge on any atom is -0.378 e. The maximum absolute atomic E-state index is 12.4. The Labute approximate surface area is 135 Å². The number of carbonyl (C=O) groups is 1. The SMILES string of the molecule is Cc1nc2cc(NC(=O)c3ccc(N(C)C)cc3)ccc2n1C. The van der Waals surface area contributed by atoms with Gasteiger partial charge in [0.15, 0.2) is 0 Å². The minimum atomic E-state index is -0.123. The van der Waals surface area contributed by atoms with Crippen LogP contribution in [0.4, 0.5) is 11.4 Å². The third kappa shape index (κ3) is 2.90. The Morgan fingerprint density at radius 1 is 1.13 bits per heavy atom. The van der Waals surface area contributed by atoms with Crippen LogP contribution >= 0.6 is 0 Å². The van der Waals surface area contributed by atoms with Gasteiger partial charge in [-0.15, -0.1) is 0 Å². The van der Waals surface area contributed by atoms with E-state index in [4.69, 9.17) is 0 Å². The molecule has 2 aromatic carbocycles. The number of anilines is 2. The molecule has 1 amide bonds. The topological polar surface area (TPSA) is 50.2 Å². The van der Waals surface area contributed by atoms with Gasteiger partial charge in [0.05, 0.1) is 11.0 Å². The van der Waals surface area contributed by atoms with Crippen molar-refractivity contribution in [2.24, 2.45) is 7.05 Å². The van der Waals surface area contributed by atoms with Crippen LogP contribution in [0.2, 0.25) is 0 Å². The smallest absolute Gasteiger partial charge is 0.255 e. The van der Waals surface area contributed by atoms with Gasteiger partial charge in [0, 0.05) is 38.1 Å². The van der Waals surface area contributed by atoms with Crippen LogP contribution in [-0.4, -0.2) is 29.6 Å². The molecule has 0 radical (unpaired) electrons. The van der Waals surface area contributed by atoms with Crippen molar-refractivity contribution < 1.29 is 4.79 Å². The number of aromatic nitrogens is 2. The summed E-state index contributed by atoms with van der Waals surface area (Å²) in [5.74, 6) is 0.824. The number of amides is 1. The standard InChI is InChI=1S/C18H20N4O/c1-12-19-16-11-14(7-10-17(16)22(12)4)20-18(23)13-5-8-15(9-6-13)21(2)3/h5-11H,1-4H3,(H,20,23). The second kappa shape index (κ2) is 5.76. The molecule has 1 aromatic heterocycles. The van der Waals surface area contributed by atoms with Crippen LogP contribution in [0.5, 0.6) is 0 Å². The molecule has 118 valence electrons. The molecule has 0 saturated carbocycles. The number of hydrogen-bond donors (Lipinski definition) is 1. The lowest BCUT2D eigenvalue weighted by Crippen LogP contribution is -2.13. The Kier molecular flexibility index (Phi) is 3.78. The lowest BCUT2D eigenvalue weighted by molar-refractivity contribution is 0.102. The van der Waals surface area contributed by atoms with E-state index in [1.807, 2.05) is 80.0 Å². The van der Waals surface area contributed by atoms with E-state index in [0.29, 0.717) is 5.56 Å². The van der Waals surface area contributed by atoms with E-state index >= 15 is 0 Å². The number of fused-ring (bicyclic) bond motifs is 1. The zero-order valence-corrected chi connectivity index (χ0v) is 13.8. The van der Waals surface area contributed by atoms with E-state index in [-0.39, 0.29) is 5.91 Å². The first-order chi connectivity index (χ1) is 11.0. The summed E-state index contributed by atoms with van der Waals surface area (Å²) < 4.78 is 2.03. The summed E-state index contributed by atoms with van der Waals surface area (Å²) >= 11 is 0. The maximum atomic E-state index is 12.4. The fraction of sp³-hybridized carbons (Fsp3) is 0.222. The fourth-order valence-corrected chi connectivity index (χ4v) is 2.51. The van der Waals surface area contributed by atoms with Gasteiger partial charge in [-0.1, -0.05) is 0 Å². The molecule has 0 aliphatic rings. The molecule has 0 saturated heterocycles. The summed E-state index contributed by atoms with van der Waals surface area (Å²) in [5.41, 5.74) is 4.37. The summed E-state index contributed by atoms with van der Waals surface area (Å²) in [6.45, 7) is 1.96. The molecular formula is C18H20N4O. The third-order valence-electron chi connectivity index (χ3n) is 4.01. The van der Waals surface area contributed by atoms with Gasteiger partial charge < -0.3 is 14.8 Å². The number of carbonyl (C=O) groups excluding carboxylic acids is 1. The second-order valence-corrected chi connectivity index (χ2v) is 5.82. The highest BCUT2D eigenvalue weighted by Gasteiger charge is 2.09. The predicted octanol–water partition coefficient (Wildman–Crippen LogP) is 3.20. The quantitative estimate of drug-likeness (QED) is 0.808. The van der Waals surface area contributed by atoms with Gasteiger partial charge in [-0.3, -0.25) is 4.79 Å². The van der Waals surface area contributed by atoms with E-state index in [2.05, 4.69) is 10.3 Å². The number of hydrogen-bond acceptors (Lipinski definition) is 3. The van der Waals surface area contributed by atoms with Gasteiger partial charge in [-0.05, 0) is 49.4 Å². The molecule has 5 nitrogen and oxygen atoms in total. The molecule has 0 bridgehead atoms. The molecule has 1 N–H and O–H groups in total. The lowest BCUT2D eigenvalue weighted by Gasteiger charge is -2.12. The molecule has 0 aliphatic heterocycles. The van der Waals surface area contributed by atoms with E-state index in [1.54, 1.807) is 0 Å². The number of benzene rings is 2. The van der Waals surface area contributed by atoms with Gasteiger partial charge in [0.1, 0.15) is 5.82 Å². The summed E-state index contributed by atoms with van der Waals surface area (Å²) in [5, 5.41) is 2.93. The van der Waals surface area contributed by atoms with Crippen LogP contribution in [0.25, 0.3) is 11.0 Å². The van der Waals surface area contributed by atoms with E-state index in [1.165, 1.54) is 0 Å². The first-order valence-corrected chi connectivity index (χ1v) is 7.47. The number of aryl methyl sites for hydroxylation is 2. The highest BCUT2D eigenvalue weighted by atomic mass is 16.1. The third-order valence-corrected chi connectivity index (χ3v) is 4.01. The molecular weight excluding hydrogens is 288 g/mol. The van der Waals surface area contributed by atoms with Crippen molar-refractivity contribution >= 4 is 28.3 Å². The van der Waals surface area contributed by atoms with Crippen molar-refractivity contribution in [1.82, 2.24) is 9.55 Å². The monoisotopic (exact) mass is 308 g/mol. The molecule has 3 rings (SSSR count). The van der Waals surface area contributed by atoms with Crippen LogP contribution in [0, 0.1) is 6.92 Å². The van der Waals surface area contributed by atoms with Crippen LogP contribution in [0.1, 0.15) is 16.2 Å². The zero-order chi connectivity index (χ0) is 16.6. The van der Waals surface area contributed by atoms with Gasteiger partial charge in [0.25, 0.3) is 5.91 Å². The van der Waals surface area contributed by atoms with Crippen LogP contribution < -0.4 is 10.2 Å². The number of nitrogens with one attached hydrogen (secondary N) is 1. The van der Waals surface area contributed by atoms with Gasteiger partial charge in [-0.25, -0.2) is 4.98 Å². The van der Waals surface area contributed by atoms with Gasteiger partial charge in [-0.2, -0.15) is 0 Å².